The van der Waals surface area contributed by atoms with Gasteiger partial charge in [0.1, 0.15) is 6.04 Å². The van der Waals surface area contributed by atoms with Crippen LogP contribution in [0.3, 0.4) is 0 Å². The molecule has 116 valence electrons. The summed E-state index contributed by atoms with van der Waals surface area (Å²) in [7, 11) is 0. The minimum atomic E-state index is -0.451. The highest BCUT2D eigenvalue weighted by molar-refractivity contribution is 5.90. The van der Waals surface area contributed by atoms with Crippen molar-refractivity contribution in [3.05, 3.63) is 0 Å². The molecular weight excluding hydrogens is 256 g/mol. The van der Waals surface area contributed by atoms with E-state index in [9.17, 15) is 9.59 Å². The van der Waals surface area contributed by atoms with E-state index in [0.29, 0.717) is 19.5 Å². The molecule has 2 N–H and O–H groups in total. The van der Waals surface area contributed by atoms with Gasteiger partial charge in [-0.15, -0.1) is 0 Å². The monoisotopic (exact) mass is 284 g/mol. The van der Waals surface area contributed by atoms with Crippen LogP contribution in [0, 0.1) is 11.3 Å². The molecule has 1 aliphatic rings. The molecule has 2 amide bonds. The normalized spacial score (nSPS) is 20.9. The number of nitrogens with one attached hydrogen (secondary N) is 1. The smallest absolute Gasteiger partial charge is 0.242 e. The van der Waals surface area contributed by atoms with Gasteiger partial charge in [0.05, 0.1) is 0 Å². The highest BCUT2D eigenvalue weighted by Gasteiger charge is 2.38. The summed E-state index contributed by atoms with van der Waals surface area (Å²) in [4.78, 5) is 26.3. The molecule has 1 saturated heterocycles. The third kappa shape index (κ3) is 4.47. The number of nitrogens with zero attached hydrogens (tertiary/aromatic N) is 1. The number of hydrogen-bond donors (Lipinski definition) is 2. The first-order valence-corrected chi connectivity index (χ1v) is 7.47. The zero-order valence-electron chi connectivity index (χ0n) is 13.1. The van der Waals surface area contributed by atoms with Gasteiger partial charge in [0.25, 0.3) is 0 Å². The van der Waals surface area contributed by atoms with Gasteiger partial charge < -0.3 is 15.3 Å². The van der Waals surface area contributed by atoms with Gasteiger partial charge in [-0.25, -0.2) is 0 Å². The molecule has 0 aliphatic carbocycles. The Hall–Kier alpha value is -1.10. The molecule has 2 atom stereocenters. The molecule has 1 fully saturated rings. The summed E-state index contributed by atoms with van der Waals surface area (Å²) in [6, 6.07) is -0.331. The van der Waals surface area contributed by atoms with E-state index in [-0.39, 0.29) is 30.4 Å². The van der Waals surface area contributed by atoms with Gasteiger partial charge >= 0.3 is 0 Å². The second-order valence-corrected chi connectivity index (χ2v) is 6.77. The molecule has 0 aromatic carbocycles. The standard InChI is InChI=1S/C15H28N2O3/c1-11(7-9-18)10-16-13(19)12-6-5-8-17(12)14(20)15(2,3)4/h11-12,18H,5-10H2,1-4H3,(H,16,19). The molecule has 0 aromatic rings. The van der Waals surface area contributed by atoms with E-state index in [4.69, 9.17) is 5.11 Å². The molecule has 20 heavy (non-hydrogen) atoms. The number of aliphatic hydroxyl groups excluding tert-OH is 1. The van der Waals surface area contributed by atoms with Crippen LogP contribution >= 0.6 is 0 Å². The average molecular weight is 284 g/mol. The Balaban J connectivity index is 2.56. The van der Waals surface area contributed by atoms with Crippen molar-refractivity contribution in [3.8, 4) is 0 Å². The predicted molar refractivity (Wildman–Crippen MR) is 78.1 cm³/mol. The van der Waals surface area contributed by atoms with Crippen molar-refractivity contribution >= 4 is 11.8 Å². The largest absolute Gasteiger partial charge is 0.396 e. The van der Waals surface area contributed by atoms with Crippen LogP contribution < -0.4 is 5.32 Å². The second kappa shape index (κ2) is 7.07. The van der Waals surface area contributed by atoms with Gasteiger partial charge in [-0.1, -0.05) is 27.7 Å². The summed E-state index contributed by atoms with van der Waals surface area (Å²) >= 11 is 0. The van der Waals surface area contributed by atoms with Crippen LogP contribution in [-0.2, 0) is 9.59 Å². The van der Waals surface area contributed by atoms with Crippen molar-refractivity contribution in [3.63, 3.8) is 0 Å². The fourth-order valence-corrected chi connectivity index (χ4v) is 2.43. The third-order valence-electron chi connectivity index (χ3n) is 3.70. The fourth-order valence-electron chi connectivity index (χ4n) is 2.43. The first kappa shape index (κ1) is 17.0. The molecule has 0 saturated carbocycles. The number of carbonyl (C=O) groups excluding carboxylic acids is 2. The van der Waals surface area contributed by atoms with Crippen LogP contribution in [0.4, 0.5) is 0 Å². The summed E-state index contributed by atoms with van der Waals surface area (Å²) in [6.07, 6.45) is 2.30. The molecule has 0 bridgehead atoms. The van der Waals surface area contributed by atoms with Crippen LogP contribution in [-0.4, -0.2) is 47.6 Å². The summed E-state index contributed by atoms with van der Waals surface area (Å²) in [5.41, 5.74) is -0.451. The average Bonchev–Trinajstić information content (AvgIpc) is 2.83. The highest BCUT2D eigenvalue weighted by atomic mass is 16.3. The lowest BCUT2D eigenvalue weighted by Gasteiger charge is -2.30. The Kier molecular flexibility index (Phi) is 5.99. The first-order valence-electron chi connectivity index (χ1n) is 7.47. The zero-order chi connectivity index (χ0) is 15.3. The number of likely N-dealkylation sites (tertiary alicyclic amines) is 1. The molecule has 1 heterocycles. The van der Waals surface area contributed by atoms with Gasteiger partial charge in [0.15, 0.2) is 0 Å². The van der Waals surface area contributed by atoms with Crippen molar-refractivity contribution in [2.45, 2.75) is 53.0 Å². The maximum Gasteiger partial charge on any atom is 0.242 e. The molecular formula is C15H28N2O3. The van der Waals surface area contributed by atoms with Crippen molar-refractivity contribution in [2.75, 3.05) is 19.7 Å². The van der Waals surface area contributed by atoms with E-state index in [1.807, 2.05) is 27.7 Å². The van der Waals surface area contributed by atoms with Crippen molar-refractivity contribution < 1.29 is 14.7 Å². The maximum absolute atomic E-state index is 12.3. The molecule has 0 aromatic heterocycles. The number of rotatable bonds is 5. The Morgan fingerprint density at radius 3 is 2.60 bits per heavy atom. The van der Waals surface area contributed by atoms with Gasteiger partial charge in [-0.3, -0.25) is 9.59 Å². The Labute approximate surface area is 121 Å². The molecule has 5 nitrogen and oxygen atoms in total. The Morgan fingerprint density at radius 2 is 2.05 bits per heavy atom. The van der Waals surface area contributed by atoms with Crippen molar-refractivity contribution in [2.24, 2.45) is 11.3 Å². The van der Waals surface area contributed by atoms with Gasteiger partial charge in [0.2, 0.25) is 11.8 Å². The number of hydrogen-bond acceptors (Lipinski definition) is 3. The molecule has 2 unspecified atom stereocenters. The van der Waals surface area contributed by atoms with E-state index < -0.39 is 5.41 Å². The first-order chi connectivity index (χ1) is 9.27. The lowest BCUT2D eigenvalue weighted by molar-refractivity contribution is -0.144. The maximum atomic E-state index is 12.3. The topological polar surface area (TPSA) is 69.6 Å². The second-order valence-electron chi connectivity index (χ2n) is 6.77. The third-order valence-corrected chi connectivity index (χ3v) is 3.70. The van der Waals surface area contributed by atoms with E-state index in [0.717, 1.165) is 12.8 Å². The quantitative estimate of drug-likeness (QED) is 0.796. The van der Waals surface area contributed by atoms with Crippen LogP contribution in [0.15, 0.2) is 0 Å². The van der Waals surface area contributed by atoms with Crippen LogP contribution in [0.5, 0.6) is 0 Å². The number of aliphatic hydroxyl groups is 1. The van der Waals surface area contributed by atoms with E-state index in [1.54, 1.807) is 4.90 Å². The van der Waals surface area contributed by atoms with Crippen LogP contribution in [0.1, 0.15) is 47.0 Å². The summed E-state index contributed by atoms with van der Waals surface area (Å²) in [6.45, 7) is 8.98. The van der Waals surface area contributed by atoms with Gasteiger partial charge in [-0.2, -0.15) is 0 Å². The zero-order valence-corrected chi connectivity index (χ0v) is 13.1. The molecule has 0 radical (unpaired) electrons. The molecule has 1 aliphatic heterocycles. The van der Waals surface area contributed by atoms with Gasteiger partial charge in [-0.05, 0) is 25.2 Å². The molecule has 5 heteroatoms. The minimum absolute atomic E-state index is 0.0403. The lowest BCUT2D eigenvalue weighted by Crippen LogP contribution is -2.49. The molecule has 1 rings (SSSR count). The van der Waals surface area contributed by atoms with E-state index in [2.05, 4.69) is 5.32 Å². The SMILES string of the molecule is CC(CCO)CNC(=O)C1CCCN1C(=O)C(C)(C)C. The van der Waals surface area contributed by atoms with E-state index in [1.165, 1.54) is 0 Å². The highest BCUT2D eigenvalue weighted by Crippen LogP contribution is 2.25. The summed E-state index contributed by atoms with van der Waals surface area (Å²) in [5, 5.41) is 11.8. The predicted octanol–water partition coefficient (Wildman–Crippen LogP) is 1.16. The van der Waals surface area contributed by atoms with Crippen LogP contribution in [0.2, 0.25) is 0 Å². The number of amides is 2. The summed E-state index contributed by atoms with van der Waals surface area (Å²) < 4.78 is 0. The van der Waals surface area contributed by atoms with Crippen LogP contribution in [0.25, 0.3) is 0 Å². The fraction of sp³-hybridized carbons (Fsp3) is 0.867. The van der Waals surface area contributed by atoms with Crippen molar-refractivity contribution in [1.82, 2.24) is 10.2 Å². The minimum Gasteiger partial charge on any atom is -0.396 e. The summed E-state index contributed by atoms with van der Waals surface area (Å²) in [5.74, 6) is 0.223. The molecule has 0 spiro atoms. The Morgan fingerprint density at radius 1 is 1.40 bits per heavy atom. The Bertz CT molecular complexity index is 350. The van der Waals surface area contributed by atoms with Gasteiger partial charge in [0, 0.05) is 25.1 Å². The van der Waals surface area contributed by atoms with Crippen molar-refractivity contribution in [1.29, 1.82) is 0 Å². The number of carbonyl (C=O) groups is 2. The lowest BCUT2D eigenvalue weighted by atomic mass is 9.94. The van der Waals surface area contributed by atoms with E-state index >= 15 is 0 Å².